The van der Waals surface area contributed by atoms with Gasteiger partial charge in [-0.25, -0.2) is 4.68 Å². The van der Waals surface area contributed by atoms with Crippen molar-refractivity contribution in [3.05, 3.63) is 76.0 Å². The Balaban J connectivity index is 1.57. The fourth-order valence-electron chi connectivity index (χ4n) is 4.69. The summed E-state index contributed by atoms with van der Waals surface area (Å²) in [5.74, 6) is 2.19. The summed E-state index contributed by atoms with van der Waals surface area (Å²) in [4.78, 5) is 18.2. The summed E-state index contributed by atoms with van der Waals surface area (Å²) in [6, 6.07) is 15.3. The van der Waals surface area contributed by atoms with Crippen LogP contribution in [0.5, 0.6) is 5.75 Å². The van der Waals surface area contributed by atoms with E-state index >= 15 is 0 Å². The van der Waals surface area contributed by atoms with Gasteiger partial charge in [-0.15, -0.1) is 5.10 Å². The summed E-state index contributed by atoms with van der Waals surface area (Å²) in [6.07, 6.45) is 1.27. The largest absolute Gasteiger partial charge is 0.494 e. The van der Waals surface area contributed by atoms with Crippen molar-refractivity contribution in [1.29, 1.82) is 0 Å². The molecule has 0 saturated heterocycles. The summed E-state index contributed by atoms with van der Waals surface area (Å²) in [5, 5.41) is 9.63. The topological polar surface area (TPSA) is 69.0 Å². The van der Waals surface area contributed by atoms with E-state index in [-0.39, 0.29) is 17.2 Å². The summed E-state index contributed by atoms with van der Waals surface area (Å²) in [5.41, 5.74) is 3.52. The first-order valence-corrected chi connectivity index (χ1v) is 12.8. The van der Waals surface area contributed by atoms with Gasteiger partial charge in [0.05, 0.1) is 6.61 Å². The van der Waals surface area contributed by atoms with Crippen LogP contribution in [0.3, 0.4) is 0 Å². The van der Waals surface area contributed by atoms with Crippen LogP contribution < -0.4 is 10.1 Å². The number of para-hydroxylation sites is 1. The number of halogens is 1. The number of rotatable bonds is 6. The van der Waals surface area contributed by atoms with Gasteiger partial charge in [0.1, 0.15) is 11.8 Å². The zero-order chi connectivity index (χ0) is 23.9. The second kappa shape index (κ2) is 9.12. The second-order valence-electron chi connectivity index (χ2n) is 9.37. The minimum Gasteiger partial charge on any atom is -0.494 e. The first kappa shape index (κ1) is 23.0. The molecule has 1 atom stereocenters. The van der Waals surface area contributed by atoms with E-state index in [9.17, 15) is 4.79 Å². The Hall–Kier alpha value is -2.77. The zero-order valence-corrected chi connectivity index (χ0v) is 21.0. The van der Waals surface area contributed by atoms with Crippen molar-refractivity contribution in [2.75, 3.05) is 11.9 Å². The molecular formula is C26H27ClN4O2S. The number of Topliss-reactive ketones (excluding diaryl/α,β-unsaturated/α-hetero) is 1. The number of benzene rings is 2. The number of nitrogens with one attached hydrogen (secondary N) is 1. The lowest BCUT2D eigenvalue weighted by atomic mass is 9.73. The molecule has 0 amide bonds. The second-order valence-corrected chi connectivity index (χ2v) is 10.7. The third kappa shape index (κ3) is 4.34. The molecule has 176 valence electrons. The molecule has 1 aromatic heterocycles. The maximum Gasteiger partial charge on any atom is 0.227 e. The van der Waals surface area contributed by atoms with Crippen molar-refractivity contribution in [1.82, 2.24) is 14.8 Å². The van der Waals surface area contributed by atoms with E-state index in [1.807, 2.05) is 60.1 Å². The number of allylic oxidation sites excluding steroid dienone is 2. The predicted octanol–water partition coefficient (Wildman–Crippen LogP) is 6.28. The van der Waals surface area contributed by atoms with E-state index in [2.05, 4.69) is 19.2 Å². The van der Waals surface area contributed by atoms with Gasteiger partial charge in [0.15, 0.2) is 5.78 Å². The standard InChI is InChI=1S/C26H27ClN4O2S/c1-4-33-21-12-8-6-10-17(21)23-22-19(13-26(2,3)14-20(22)32)28-24-29-25(30-31(23)24)34-15-16-9-5-7-11-18(16)27/h5-12,23H,4,13-15H2,1-3H3,(H,28,29,30). The molecule has 8 heteroatoms. The third-order valence-electron chi connectivity index (χ3n) is 6.14. The van der Waals surface area contributed by atoms with Gasteiger partial charge < -0.3 is 10.1 Å². The minimum absolute atomic E-state index is 0.114. The molecule has 2 aromatic carbocycles. The average Bonchev–Trinajstić information content (AvgIpc) is 3.19. The average molecular weight is 495 g/mol. The highest BCUT2D eigenvalue weighted by atomic mass is 35.5. The summed E-state index contributed by atoms with van der Waals surface area (Å²) < 4.78 is 7.79. The number of aromatic nitrogens is 3. The van der Waals surface area contributed by atoms with Gasteiger partial charge >= 0.3 is 0 Å². The number of hydrogen-bond donors (Lipinski definition) is 1. The Morgan fingerprint density at radius 2 is 1.94 bits per heavy atom. The summed E-state index contributed by atoms with van der Waals surface area (Å²) >= 11 is 7.86. The van der Waals surface area contributed by atoms with Crippen molar-refractivity contribution in [3.8, 4) is 5.75 Å². The van der Waals surface area contributed by atoms with E-state index in [0.29, 0.717) is 29.9 Å². The molecular weight excluding hydrogens is 468 g/mol. The van der Waals surface area contributed by atoms with E-state index in [1.54, 1.807) is 0 Å². The van der Waals surface area contributed by atoms with Gasteiger partial charge in [-0.05, 0) is 36.5 Å². The van der Waals surface area contributed by atoms with Crippen LogP contribution in [0.2, 0.25) is 5.02 Å². The van der Waals surface area contributed by atoms with Crippen molar-refractivity contribution in [3.63, 3.8) is 0 Å². The number of ether oxygens (including phenoxy) is 1. The molecule has 0 fully saturated rings. The Bertz CT molecular complexity index is 1280. The van der Waals surface area contributed by atoms with Crippen molar-refractivity contribution in [2.45, 2.75) is 50.6 Å². The number of ketones is 1. The SMILES string of the molecule is CCOc1ccccc1C1C2=C(CC(C)(C)CC2=O)Nc2nc(SCc3ccccc3Cl)nn21. The molecule has 0 spiro atoms. The Kier molecular flexibility index (Phi) is 6.16. The molecule has 5 rings (SSSR count). The molecule has 34 heavy (non-hydrogen) atoms. The Morgan fingerprint density at radius 3 is 2.74 bits per heavy atom. The number of anilines is 1. The number of thioether (sulfide) groups is 1. The minimum atomic E-state index is -0.389. The van der Waals surface area contributed by atoms with Gasteiger partial charge in [-0.3, -0.25) is 4.79 Å². The monoisotopic (exact) mass is 494 g/mol. The smallest absolute Gasteiger partial charge is 0.227 e. The highest BCUT2D eigenvalue weighted by molar-refractivity contribution is 7.98. The van der Waals surface area contributed by atoms with Crippen LogP contribution in [0.1, 0.15) is 50.8 Å². The normalized spacial score (nSPS) is 18.8. The zero-order valence-electron chi connectivity index (χ0n) is 19.5. The van der Waals surface area contributed by atoms with Gasteiger partial charge in [0.25, 0.3) is 0 Å². The fraction of sp³-hybridized carbons (Fsp3) is 0.346. The van der Waals surface area contributed by atoms with E-state index < -0.39 is 0 Å². The first-order chi connectivity index (χ1) is 16.4. The van der Waals surface area contributed by atoms with Crippen LogP contribution in [0.25, 0.3) is 0 Å². The highest BCUT2D eigenvalue weighted by Gasteiger charge is 2.42. The number of carbonyl (C=O) groups excluding carboxylic acids is 1. The molecule has 2 heterocycles. The number of fused-ring (bicyclic) bond motifs is 1. The first-order valence-electron chi connectivity index (χ1n) is 11.4. The molecule has 0 radical (unpaired) electrons. The Labute approximate surface area is 208 Å². The van der Waals surface area contributed by atoms with Crippen LogP contribution >= 0.6 is 23.4 Å². The molecule has 1 N–H and O–H groups in total. The maximum atomic E-state index is 13.4. The van der Waals surface area contributed by atoms with Crippen LogP contribution in [-0.2, 0) is 10.5 Å². The summed E-state index contributed by atoms with van der Waals surface area (Å²) in [6.45, 7) is 6.76. The number of nitrogens with zero attached hydrogens (tertiary/aromatic N) is 3. The highest BCUT2D eigenvalue weighted by Crippen LogP contribution is 2.47. The van der Waals surface area contributed by atoms with Crippen LogP contribution in [-0.4, -0.2) is 27.2 Å². The van der Waals surface area contributed by atoms with Crippen molar-refractivity contribution < 1.29 is 9.53 Å². The van der Waals surface area contributed by atoms with E-state index in [0.717, 1.165) is 39.6 Å². The van der Waals surface area contributed by atoms with Crippen LogP contribution in [0.15, 0.2) is 65.0 Å². The maximum absolute atomic E-state index is 13.4. The van der Waals surface area contributed by atoms with E-state index in [1.165, 1.54) is 11.8 Å². The van der Waals surface area contributed by atoms with Gasteiger partial charge in [0.2, 0.25) is 11.1 Å². The fourth-order valence-corrected chi connectivity index (χ4v) is 5.80. The molecule has 6 nitrogen and oxygen atoms in total. The molecule has 1 unspecified atom stereocenters. The molecule has 1 aliphatic heterocycles. The molecule has 1 aliphatic carbocycles. The van der Waals surface area contributed by atoms with Crippen LogP contribution in [0, 0.1) is 5.41 Å². The predicted molar refractivity (Wildman–Crippen MR) is 135 cm³/mol. The molecule has 2 aliphatic rings. The number of hydrogen-bond acceptors (Lipinski definition) is 6. The van der Waals surface area contributed by atoms with Crippen molar-refractivity contribution >= 4 is 35.1 Å². The summed E-state index contributed by atoms with van der Waals surface area (Å²) in [7, 11) is 0. The van der Waals surface area contributed by atoms with Crippen LogP contribution in [0.4, 0.5) is 5.95 Å². The molecule has 3 aromatic rings. The lowest BCUT2D eigenvalue weighted by Crippen LogP contribution is -2.36. The quantitative estimate of drug-likeness (QED) is 0.406. The molecule has 0 bridgehead atoms. The van der Waals surface area contributed by atoms with Gasteiger partial charge in [-0.2, -0.15) is 4.98 Å². The third-order valence-corrected chi connectivity index (χ3v) is 7.40. The Morgan fingerprint density at radius 1 is 1.18 bits per heavy atom. The van der Waals surface area contributed by atoms with E-state index in [4.69, 9.17) is 26.4 Å². The van der Waals surface area contributed by atoms with Crippen molar-refractivity contribution in [2.24, 2.45) is 5.41 Å². The lowest BCUT2D eigenvalue weighted by Gasteiger charge is -2.38. The molecule has 0 saturated carbocycles. The van der Waals surface area contributed by atoms with Gasteiger partial charge in [-0.1, -0.05) is 73.6 Å². The van der Waals surface area contributed by atoms with Gasteiger partial charge in [0, 0.05) is 34.0 Å². The lowest BCUT2D eigenvalue weighted by molar-refractivity contribution is -0.118. The number of carbonyl (C=O) groups is 1.